The minimum Gasteiger partial charge on any atom is -0.462 e. The summed E-state index contributed by atoms with van der Waals surface area (Å²) in [4.78, 5) is 52.6. The second-order valence-electron chi connectivity index (χ2n) is 10.6. The maximum absolute atomic E-state index is 13.5. The van der Waals surface area contributed by atoms with E-state index < -0.39 is 23.0 Å². The number of amides is 3. The third-order valence-corrected chi connectivity index (χ3v) is 8.86. The molecule has 3 N–H and O–H groups in total. The van der Waals surface area contributed by atoms with E-state index in [1.54, 1.807) is 91.0 Å². The van der Waals surface area contributed by atoms with Gasteiger partial charge in [0.05, 0.1) is 17.4 Å². The summed E-state index contributed by atoms with van der Waals surface area (Å²) in [5.74, 6) is -1.64. The zero-order chi connectivity index (χ0) is 34.5. The first kappa shape index (κ1) is 36.3. The Bertz CT molecular complexity index is 1780. The molecular weight excluding hydrogens is 669 g/mol. The fourth-order valence-electron chi connectivity index (χ4n) is 4.35. The molecule has 0 spiro atoms. The molecule has 11 heteroatoms. The van der Waals surface area contributed by atoms with E-state index in [0.29, 0.717) is 51.1 Å². The van der Waals surface area contributed by atoms with E-state index in [-0.39, 0.29) is 11.6 Å². The van der Waals surface area contributed by atoms with Gasteiger partial charge in [-0.3, -0.25) is 14.4 Å². The Kier molecular flexibility index (Phi) is 13.7. The van der Waals surface area contributed by atoms with E-state index in [9.17, 15) is 19.2 Å². The van der Waals surface area contributed by atoms with Crippen molar-refractivity contribution < 1.29 is 23.9 Å². The van der Waals surface area contributed by atoms with Crippen LogP contribution in [0.3, 0.4) is 0 Å². The van der Waals surface area contributed by atoms with Crippen molar-refractivity contribution >= 4 is 76.1 Å². The van der Waals surface area contributed by atoms with Crippen LogP contribution in [0.5, 0.6) is 0 Å². The average molecular weight is 705 g/mol. The highest BCUT2D eigenvalue weighted by Crippen LogP contribution is 2.29. The number of ether oxygens (including phenoxy) is 1. The van der Waals surface area contributed by atoms with E-state index in [1.807, 2.05) is 19.9 Å². The number of hydrogen-bond acceptors (Lipinski definition) is 6. The fourth-order valence-corrected chi connectivity index (χ4v) is 5.83. The Morgan fingerprint density at radius 1 is 0.812 bits per heavy atom. The molecular formula is C37H35Cl2N3O5S. The molecule has 0 aliphatic rings. The quantitative estimate of drug-likeness (QED) is 0.0523. The van der Waals surface area contributed by atoms with Gasteiger partial charge in [-0.2, -0.15) is 0 Å². The van der Waals surface area contributed by atoms with Crippen molar-refractivity contribution in [3.8, 4) is 0 Å². The van der Waals surface area contributed by atoms with Crippen molar-refractivity contribution in [2.24, 2.45) is 0 Å². The molecule has 0 aromatic heterocycles. The van der Waals surface area contributed by atoms with Crippen molar-refractivity contribution in [3.63, 3.8) is 0 Å². The Morgan fingerprint density at radius 3 is 2.25 bits per heavy atom. The summed E-state index contributed by atoms with van der Waals surface area (Å²) in [5.41, 5.74) is 2.27. The fraction of sp³-hybridized carbons (Fsp3) is 0.189. The molecule has 4 aromatic rings. The predicted octanol–water partition coefficient (Wildman–Crippen LogP) is 8.87. The highest BCUT2D eigenvalue weighted by molar-refractivity contribution is 8.00. The number of halogens is 2. The van der Waals surface area contributed by atoms with E-state index in [1.165, 1.54) is 17.8 Å². The number of rotatable bonds is 14. The molecule has 0 aliphatic heterocycles. The Hall–Kier alpha value is -4.57. The van der Waals surface area contributed by atoms with Crippen molar-refractivity contribution in [2.45, 2.75) is 43.3 Å². The lowest BCUT2D eigenvalue weighted by molar-refractivity contribution is -0.116. The first-order valence-electron chi connectivity index (χ1n) is 15.4. The lowest BCUT2D eigenvalue weighted by atomic mass is 10.1. The van der Waals surface area contributed by atoms with Crippen molar-refractivity contribution in [2.75, 3.05) is 17.2 Å². The normalized spacial score (nSPS) is 11.7. The molecule has 0 saturated carbocycles. The third-order valence-electron chi connectivity index (χ3n) is 6.94. The predicted molar refractivity (Wildman–Crippen MR) is 194 cm³/mol. The molecule has 0 radical (unpaired) electrons. The number of thioether (sulfide) groups is 1. The maximum Gasteiger partial charge on any atom is 0.338 e. The molecule has 0 heterocycles. The Labute approximate surface area is 294 Å². The van der Waals surface area contributed by atoms with Crippen LogP contribution < -0.4 is 16.0 Å². The summed E-state index contributed by atoms with van der Waals surface area (Å²) >= 11 is 13.8. The van der Waals surface area contributed by atoms with Crippen LogP contribution in [0.2, 0.25) is 10.0 Å². The standard InChI is InChI=1S/C37H35Cl2N3O5S/c1-3-5-20-47-37(46)25-15-18-28(19-16-25)40-36(45)33(4-2)48-30-13-9-12-29(23-30)41-35(44)32(21-26-14-17-27(38)22-31(26)39)42-34(43)24-10-7-6-8-11-24/h6-19,21-23,33H,3-5,20H2,1-2H3,(H,40,45)(H,41,44)(H,42,43)/b32-21+. The molecule has 8 nitrogen and oxygen atoms in total. The van der Waals surface area contributed by atoms with Gasteiger partial charge < -0.3 is 20.7 Å². The summed E-state index contributed by atoms with van der Waals surface area (Å²) in [6, 6.07) is 27.0. The van der Waals surface area contributed by atoms with Gasteiger partial charge in [0.1, 0.15) is 5.70 Å². The first-order chi connectivity index (χ1) is 23.2. The SMILES string of the molecule is CCCCOC(=O)c1ccc(NC(=O)C(CC)Sc2cccc(NC(=O)/C(=C\c3ccc(Cl)cc3Cl)NC(=O)c3ccccc3)c2)cc1. The van der Waals surface area contributed by atoms with Gasteiger partial charge in [0.2, 0.25) is 5.91 Å². The van der Waals surface area contributed by atoms with Crippen LogP contribution in [0.15, 0.2) is 108 Å². The van der Waals surface area contributed by atoms with Crippen molar-refractivity contribution in [3.05, 3.63) is 129 Å². The van der Waals surface area contributed by atoms with Gasteiger partial charge in [0, 0.05) is 31.9 Å². The van der Waals surface area contributed by atoms with Crippen LogP contribution in [-0.4, -0.2) is 35.5 Å². The van der Waals surface area contributed by atoms with Crippen molar-refractivity contribution in [1.29, 1.82) is 0 Å². The maximum atomic E-state index is 13.5. The number of esters is 1. The average Bonchev–Trinajstić information content (AvgIpc) is 3.08. The molecule has 248 valence electrons. The highest BCUT2D eigenvalue weighted by atomic mass is 35.5. The number of anilines is 2. The lowest BCUT2D eigenvalue weighted by Gasteiger charge is -2.16. The van der Waals surface area contributed by atoms with Gasteiger partial charge in [-0.15, -0.1) is 11.8 Å². The second-order valence-corrected chi connectivity index (χ2v) is 12.7. The lowest BCUT2D eigenvalue weighted by Crippen LogP contribution is -2.30. The number of carbonyl (C=O) groups excluding carboxylic acids is 4. The van der Waals surface area contributed by atoms with Gasteiger partial charge in [0.25, 0.3) is 11.8 Å². The van der Waals surface area contributed by atoms with Crippen LogP contribution in [0.1, 0.15) is 59.4 Å². The highest BCUT2D eigenvalue weighted by Gasteiger charge is 2.20. The molecule has 4 rings (SSSR count). The summed E-state index contributed by atoms with van der Waals surface area (Å²) in [6.45, 7) is 4.30. The van der Waals surface area contributed by atoms with Crippen LogP contribution in [-0.2, 0) is 14.3 Å². The number of unbranched alkanes of at least 4 members (excludes halogenated alkanes) is 1. The van der Waals surface area contributed by atoms with Gasteiger partial charge in [0.15, 0.2) is 0 Å². The second kappa shape index (κ2) is 18.1. The molecule has 0 fully saturated rings. The van der Waals surface area contributed by atoms with Gasteiger partial charge >= 0.3 is 5.97 Å². The monoisotopic (exact) mass is 703 g/mol. The molecule has 4 aromatic carbocycles. The smallest absolute Gasteiger partial charge is 0.338 e. The van der Waals surface area contributed by atoms with Crippen LogP contribution in [0, 0.1) is 0 Å². The van der Waals surface area contributed by atoms with Gasteiger partial charge in [-0.05, 0) is 91.2 Å². The van der Waals surface area contributed by atoms with Crippen molar-refractivity contribution in [1.82, 2.24) is 5.32 Å². The van der Waals surface area contributed by atoms with E-state index in [0.717, 1.165) is 17.7 Å². The molecule has 3 amide bonds. The molecule has 0 aliphatic carbocycles. The third kappa shape index (κ3) is 10.7. The molecule has 0 bridgehead atoms. The minimum atomic E-state index is -0.574. The number of carbonyl (C=O) groups is 4. The zero-order valence-electron chi connectivity index (χ0n) is 26.4. The van der Waals surface area contributed by atoms with E-state index in [4.69, 9.17) is 27.9 Å². The summed E-state index contributed by atoms with van der Waals surface area (Å²) < 4.78 is 5.24. The number of hydrogen-bond donors (Lipinski definition) is 3. The van der Waals surface area contributed by atoms with Crippen LogP contribution >= 0.6 is 35.0 Å². The summed E-state index contributed by atoms with van der Waals surface area (Å²) in [6.07, 6.45) is 3.75. The van der Waals surface area contributed by atoms with E-state index in [2.05, 4.69) is 16.0 Å². The van der Waals surface area contributed by atoms with Gasteiger partial charge in [-0.25, -0.2) is 4.79 Å². The minimum absolute atomic E-state index is 0.0304. The summed E-state index contributed by atoms with van der Waals surface area (Å²) in [5, 5.41) is 8.74. The molecule has 0 saturated heterocycles. The number of benzene rings is 4. The van der Waals surface area contributed by atoms with E-state index >= 15 is 0 Å². The van der Waals surface area contributed by atoms with Crippen LogP contribution in [0.25, 0.3) is 6.08 Å². The largest absolute Gasteiger partial charge is 0.462 e. The molecule has 1 atom stereocenters. The Morgan fingerprint density at radius 2 is 1.56 bits per heavy atom. The topological polar surface area (TPSA) is 114 Å². The van der Waals surface area contributed by atoms with Gasteiger partial charge in [-0.1, -0.05) is 73.8 Å². The van der Waals surface area contributed by atoms with Crippen LogP contribution in [0.4, 0.5) is 11.4 Å². The summed E-state index contributed by atoms with van der Waals surface area (Å²) in [7, 11) is 0. The molecule has 1 unspecified atom stereocenters. The Balaban J connectivity index is 1.44. The first-order valence-corrected chi connectivity index (χ1v) is 17.0. The number of nitrogens with one attached hydrogen (secondary N) is 3. The molecule has 48 heavy (non-hydrogen) atoms. The zero-order valence-corrected chi connectivity index (χ0v) is 28.8.